The molecule has 0 aliphatic heterocycles. The first-order valence-corrected chi connectivity index (χ1v) is 10.6. The first kappa shape index (κ1) is 22.3. The Kier molecular flexibility index (Phi) is 6.59. The highest BCUT2D eigenvalue weighted by Crippen LogP contribution is 2.20. The number of carbonyl (C=O) groups excluding carboxylic acids is 1. The molecule has 1 amide bonds. The average molecular weight is 450 g/mol. The molecule has 0 atom stereocenters. The molecule has 162 valence electrons. The first-order chi connectivity index (χ1) is 14.6. The van der Waals surface area contributed by atoms with Gasteiger partial charge < -0.3 is 10.1 Å². The Hall–Kier alpha value is -3.40. The molecule has 0 fully saturated rings. The second-order valence-corrected chi connectivity index (χ2v) is 8.51. The molecular formula is C21H17F3N2O4S. The molecule has 10 heteroatoms. The number of hydrogen-bond donors (Lipinski definition) is 1. The smallest absolute Gasteiger partial charge is 0.422 e. The highest BCUT2D eigenvalue weighted by Gasteiger charge is 2.28. The van der Waals surface area contributed by atoms with E-state index in [0.29, 0.717) is 5.56 Å². The van der Waals surface area contributed by atoms with E-state index in [4.69, 9.17) is 0 Å². The molecule has 1 heterocycles. The fraction of sp³-hybridized carbons (Fsp3) is 0.143. The van der Waals surface area contributed by atoms with Crippen molar-refractivity contribution in [1.29, 1.82) is 0 Å². The van der Waals surface area contributed by atoms with Crippen molar-refractivity contribution in [3.8, 4) is 5.88 Å². The van der Waals surface area contributed by atoms with Crippen LogP contribution in [0.5, 0.6) is 5.88 Å². The van der Waals surface area contributed by atoms with E-state index in [1.165, 1.54) is 36.4 Å². The van der Waals surface area contributed by atoms with E-state index in [1.54, 1.807) is 30.3 Å². The summed E-state index contributed by atoms with van der Waals surface area (Å²) in [5.41, 5.74) is 0.898. The molecule has 1 N–H and O–H groups in total. The zero-order chi connectivity index (χ0) is 22.5. The minimum Gasteiger partial charge on any atom is -0.468 e. The lowest BCUT2D eigenvalue weighted by Gasteiger charge is -2.10. The van der Waals surface area contributed by atoms with Gasteiger partial charge in [0.2, 0.25) is 5.88 Å². The third-order valence-electron chi connectivity index (χ3n) is 4.03. The molecule has 0 aliphatic carbocycles. The van der Waals surface area contributed by atoms with Crippen LogP contribution in [0.2, 0.25) is 0 Å². The number of pyridine rings is 1. The van der Waals surface area contributed by atoms with Crippen LogP contribution < -0.4 is 10.1 Å². The molecule has 1 aromatic heterocycles. The van der Waals surface area contributed by atoms with E-state index in [-0.39, 0.29) is 27.8 Å². The lowest BCUT2D eigenvalue weighted by atomic mass is 10.1. The number of rotatable bonds is 7. The summed E-state index contributed by atoms with van der Waals surface area (Å²) in [7, 11) is -3.57. The number of nitrogens with zero attached hydrogens (tertiary/aromatic N) is 1. The average Bonchev–Trinajstić information content (AvgIpc) is 2.73. The van der Waals surface area contributed by atoms with Gasteiger partial charge in [0, 0.05) is 11.6 Å². The van der Waals surface area contributed by atoms with Gasteiger partial charge in [-0.1, -0.05) is 30.3 Å². The molecule has 6 nitrogen and oxygen atoms in total. The highest BCUT2D eigenvalue weighted by atomic mass is 32.2. The van der Waals surface area contributed by atoms with Crippen molar-refractivity contribution in [2.24, 2.45) is 0 Å². The number of halogens is 3. The van der Waals surface area contributed by atoms with E-state index in [1.807, 2.05) is 0 Å². The van der Waals surface area contributed by atoms with Crippen LogP contribution in [0.25, 0.3) is 0 Å². The monoisotopic (exact) mass is 450 g/mol. The number of anilines is 1. The van der Waals surface area contributed by atoms with E-state index in [0.717, 1.165) is 6.20 Å². The summed E-state index contributed by atoms with van der Waals surface area (Å²) in [6.45, 7) is -1.47. The molecule has 3 aromatic rings. The second kappa shape index (κ2) is 9.17. The van der Waals surface area contributed by atoms with E-state index >= 15 is 0 Å². The van der Waals surface area contributed by atoms with Crippen LogP contribution >= 0.6 is 0 Å². The number of hydrogen-bond acceptors (Lipinski definition) is 5. The number of benzene rings is 2. The van der Waals surface area contributed by atoms with Crippen molar-refractivity contribution in [3.63, 3.8) is 0 Å². The Labute approximate surface area is 176 Å². The molecule has 3 rings (SSSR count). The van der Waals surface area contributed by atoms with Gasteiger partial charge >= 0.3 is 6.18 Å². The fourth-order valence-electron chi connectivity index (χ4n) is 2.63. The number of nitrogens with one attached hydrogen (secondary N) is 1. The lowest BCUT2D eigenvalue weighted by Crippen LogP contribution is -2.19. The topological polar surface area (TPSA) is 85.4 Å². The zero-order valence-corrected chi connectivity index (χ0v) is 16.8. The molecule has 0 saturated heterocycles. The molecule has 2 aromatic carbocycles. The van der Waals surface area contributed by atoms with E-state index < -0.39 is 28.5 Å². The lowest BCUT2D eigenvalue weighted by molar-refractivity contribution is -0.154. The number of amides is 1. The molecular weight excluding hydrogens is 433 g/mol. The van der Waals surface area contributed by atoms with Crippen molar-refractivity contribution >= 4 is 21.4 Å². The summed E-state index contributed by atoms with van der Waals surface area (Å²) < 4.78 is 66.1. The summed E-state index contributed by atoms with van der Waals surface area (Å²) in [6, 6.07) is 16.7. The zero-order valence-electron chi connectivity index (χ0n) is 16.0. The van der Waals surface area contributed by atoms with Crippen molar-refractivity contribution in [2.45, 2.75) is 16.8 Å². The van der Waals surface area contributed by atoms with Gasteiger partial charge in [-0.05, 0) is 35.9 Å². The Bertz CT molecular complexity index is 1150. The SMILES string of the molecule is O=C(Nc1ccc(OCC(F)(F)F)nc1)c1cccc(CS(=O)(=O)c2ccccc2)c1. The van der Waals surface area contributed by atoms with Gasteiger partial charge in [0.05, 0.1) is 22.5 Å². The van der Waals surface area contributed by atoms with E-state index in [9.17, 15) is 26.4 Å². The summed E-state index contributed by atoms with van der Waals surface area (Å²) in [6.07, 6.45) is -3.32. The third kappa shape index (κ3) is 6.54. The highest BCUT2D eigenvalue weighted by molar-refractivity contribution is 7.90. The maximum Gasteiger partial charge on any atom is 0.422 e. The number of sulfone groups is 1. The Balaban J connectivity index is 1.66. The minimum atomic E-state index is -4.48. The summed E-state index contributed by atoms with van der Waals surface area (Å²) in [4.78, 5) is 16.4. The van der Waals surface area contributed by atoms with E-state index in [2.05, 4.69) is 15.0 Å². The third-order valence-corrected chi connectivity index (χ3v) is 5.73. The molecule has 0 saturated carbocycles. The maximum absolute atomic E-state index is 12.5. The molecule has 0 radical (unpaired) electrons. The van der Waals surface area contributed by atoms with Crippen LogP contribution in [0.4, 0.5) is 18.9 Å². The van der Waals surface area contributed by atoms with Gasteiger partial charge in [-0.2, -0.15) is 13.2 Å². The van der Waals surface area contributed by atoms with Gasteiger partial charge in [-0.15, -0.1) is 0 Å². The molecule has 0 bridgehead atoms. The Morgan fingerprint density at radius 3 is 2.39 bits per heavy atom. The standard InChI is InChI=1S/C21H17F3N2O4S/c22-21(23,24)14-30-19-10-9-17(12-25-19)26-20(27)16-6-4-5-15(11-16)13-31(28,29)18-7-2-1-3-8-18/h1-12H,13-14H2,(H,26,27). The Morgan fingerprint density at radius 2 is 1.74 bits per heavy atom. The molecule has 0 unspecified atom stereocenters. The predicted octanol–water partition coefficient (Wildman–Crippen LogP) is 4.25. The van der Waals surface area contributed by atoms with Gasteiger partial charge in [0.1, 0.15) is 0 Å². The van der Waals surface area contributed by atoms with Crippen LogP contribution in [0.1, 0.15) is 15.9 Å². The number of aromatic nitrogens is 1. The first-order valence-electron chi connectivity index (χ1n) is 8.96. The normalized spacial score (nSPS) is 11.7. The van der Waals surface area contributed by atoms with Gasteiger partial charge in [-0.25, -0.2) is 13.4 Å². The number of ether oxygens (including phenoxy) is 1. The van der Waals surface area contributed by atoms with Crippen molar-refractivity contribution < 1.29 is 31.1 Å². The largest absolute Gasteiger partial charge is 0.468 e. The van der Waals surface area contributed by atoms with Crippen LogP contribution in [0.3, 0.4) is 0 Å². The van der Waals surface area contributed by atoms with Crippen molar-refractivity contribution in [2.75, 3.05) is 11.9 Å². The van der Waals surface area contributed by atoms with Crippen LogP contribution in [-0.4, -0.2) is 32.1 Å². The number of carbonyl (C=O) groups is 1. The Morgan fingerprint density at radius 1 is 1.00 bits per heavy atom. The van der Waals surface area contributed by atoms with Crippen molar-refractivity contribution in [3.05, 3.63) is 84.1 Å². The van der Waals surface area contributed by atoms with Crippen LogP contribution in [0, 0.1) is 0 Å². The quantitative estimate of drug-likeness (QED) is 0.582. The molecule has 0 aliphatic rings. The van der Waals surface area contributed by atoms with Gasteiger partial charge in [-0.3, -0.25) is 4.79 Å². The van der Waals surface area contributed by atoms with Crippen molar-refractivity contribution in [1.82, 2.24) is 4.98 Å². The van der Waals surface area contributed by atoms with Crippen LogP contribution in [-0.2, 0) is 15.6 Å². The summed E-state index contributed by atoms with van der Waals surface area (Å²) >= 11 is 0. The molecule has 31 heavy (non-hydrogen) atoms. The minimum absolute atomic E-state index is 0.184. The van der Waals surface area contributed by atoms with Gasteiger partial charge in [0.25, 0.3) is 5.91 Å². The fourth-order valence-corrected chi connectivity index (χ4v) is 3.99. The predicted molar refractivity (Wildman–Crippen MR) is 108 cm³/mol. The second-order valence-electron chi connectivity index (χ2n) is 6.52. The summed E-state index contributed by atoms with van der Waals surface area (Å²) in [5, 5.41) is 2.55. The molecule has 0 spiro atoms. The van der Waals surface area contributed by atoms with Crippen LogP contribution in [0.15, 0.2) is 77.8 Å². The maximum atomic E-state index is 12.5. The summed E-state index contributed by atoms with van der Waals surface area (Å²) in [5.74, 6) is -1.03. The number of alkyl halides is 3. The van der Waals surface area contributed by atoms with Gasteiger partial charge in [0.15, 0.2) is 16.4 Å².